The molecule has 0 fully saturated rings. The Labute approximate surface area is 128 Å². The van der Waals surface area contributed by atoms with Crippen LogP contribution in [0, 0.1) is 5.92 Å². The van der Waals surface area contributed by atoms with Crippen LogP contribution in [0.15, 0.2) is 12.2 Å². The summed E-state index contributed by atoms with van der Waals surface area (Å²) in [6.07, 6.45) is 14.5. The zero-order valence-corrected chi connectivity index (χ0v) is 15.6. The van der Waals surface area contributed by atoms with E-state index in [1.165, 1.54) is 44.9 Å². The molecule has 1 aliphatic rings. The van der Waals surface area contributed by atoms with Crippen molar-refractivity contribution in [2.24, 2.45) is 5.92 Å². The minimum atomic E-state index is -0.631. The third kappa shape index (κ3) is 6.58. The molecule has 0 bridgehead atoms. The van der Waals surface area contributed by atoms with Gasteiger partial charge in [0.2, 0.25) is 0 Å². The summed E-state index contributed by atoms with van der Waals surface area (Å²) in [5.74, 6) is 0.877. The van der Waals surface area contributed by atoms with Crippen LogP contribution in [0.25, 0.3) is 0 Å². The highest BCUT2D eigenvalue weighted by Crippen LogP contribution is 2.30. The minimum Gasteiger partial charge on any atom is -0.378 e. The summed E-state index contributed by atoms with van der Waals surface area (Å²) in [6, 6.07) is 0. The van der Waals surface area contributed by atoms with Gasteiger partial charge in [0.05, 0.1) is 6.10 Å². The van der Waals surface area contributed by atoms with Crippen molar-refractivity contribution < 1.29 is 4.74 Å². The van der Waals surface area contributed by atoms with Crippen LogP contribution in [0.5, 0.6) is 0 Å². The fourth-order valence-electron chi connectivity index (χ4n) is 2.62. The van der Waals surface area contributed by atoms with Gasteiger partial charge in [-0.25, -0.2) is 0 Å². The van der Waals surface area contributed by atoms with E-state index < -0.39 is 8.80 Å². The number of unbranched alkanes of at least 4 members (excludes halogenated alkanes) is 1. The smallest absolute Gasteiger partial charge is 0.0572 e. The van der Waals surface area contributed by atoms with E-state index in [1.54, 1.807) is 0 Å². The van der Waals surface area contributed by atoms with E-state index in [9.17, 15) is 0 Å². The molecule has 0 spiro atoms. The van der Waals surface area contributed by atoms with Crippen LogP contribution < -0.4 is 0 Å². The summed E-state index contributed by atoms with van der Waals surface area (Å²) in [7, 11) is -0.631. The van der Waals surface area contributed by atoms with Gasteiger partial charge in [-0.2, -0.15) is 0 Å². The first-order valence-electron chi connectivity index (χ1n) is 8.74. The number of hydrogen-bond acceptors (Lipinski definition) is 1. The monoisotopic (exact) mass is 296 g/mol. The topological polar surface area (TPSA) is 9.23 Å². The zero-order chi connectivity index (χ0) is 15.0. The quantitative estimate of drug-likeness (QED) is 0.291. The summed E-state index contributed by atoms with van der Waals surface area (Å²) in [5.41, 5.74) is 0. The Kier molecular flexibility index (Phi) is 8.12. The zero-order valence-electron chi connectivity index (χ0n) is 14.5. The molecule has 0 aromatic heterocycles. The van der Waals surface area contributed by atoms with E-state index in [0.717, 1.165) is 12.5 Å². The van der Waals surface area contributed by atoms with E-state index in [2.05, 4.69) is 46.0 Å². The average molecular weight is 297 g/mol. The van der Waals surface area contributed by atoms with Gasteiger partial charge in [-0.15, -0.1) is 0 Å². The lowest BCUT2D eigenvalue weighted by Crippen LogP contribution is -2.28. The SMILES string of the molecule is CCC(CCCCC1C=CCC1)OCC(C)(C)[SiH](C)C. The molecule has 1 aliphatic carbocycles. The van der Waals surface area contributed by atoms with E-state index in [1.807, 2.05) is 0 Å². The maximum absolute atomic E-state index is 6.21. The molecule has 0 saturated heterocycles. The highest BCUT2D eigenvalue weighted by atomic mass is 28.3. The third-order valence-corrected chi connectivity index (χ3v) is 8.47. The van der Waals surface area contributed by atoms with Crippen LogP contribution >= 0.6 is 0 Å². The fraction of sp³-hybridized carbons (Fsp3) is 0.889. The van der Waals surface area contributed by atoms with Crippen molar-refractivity contribution in [2.45, 2.75) is 90.0 Å². The van der Waals surface area contributed by atoms with Crippen molar-refractivity contribution in [1.29, 1.82) is 0 Å². The Balaban J connectivity index is 2.14. The minimum absolute atomic E-state index is 0.433. The van der Waals surface area contributed by atoms with E-state index in [0.29, 0.717) is 11.1 Å². The van der Waals surface area contributed by atoms with Crippen LogP contribution in [0.2, 0.25) is 18.1 Å². The fourth-order valence-corrected chi connectivity index (χ4v) is 3.05. The lowest BCUT2D eigenvalue weighted by molar-refractivity contribution is 0.0295. The van der Waals surface area contributed by atoms with Crippen molar-refractivity contribution in [3.05, 3.63) is 12.2 Å². The van der Waals surface area contributed by atoms with Gasteiger partial charge in [0.1, 0.15) is 0 Å². The second-order valence-electron chi connectivity index (χ2n) is 7.53. The second kappa shape index (κ2) is 9.04. The average Bonchev–Trinajstić information content (AvgIpc) is 2.90. The Hall–Kier alpha value is -0.0831. The number of hydrogen-bond donors (Lipinski definition) is 0. The summed E-state index contributed by atoms with van der Waals surface area (Å²) in [4.78, 5) is 0. The van der Waals surface area contributed by atoms with Gasteiger partial charge in [0.25, 0.3) is 0 Å². The molecular formula is C18H36OSi. The standard InChI is InChI=1S/C18H36OSi/c1-6-17(19-15-18(2,3)20(4)5)14-10-9-13-16-11-7-8-12-16/h7,11,16-17,20H,6,8-10,12-15H2,1-5H3. The summed E-state index contributed by atoms with van der Waals surface area (Å²) in [5, 5.41) is 0.433. The van der Waals surface area contributed by atoms with Gasteiger partial charge in [0.15, 0.2) is 0 Å². The lowest BCUT2D eigenvalue weighted by Gasteiger charge is -2.30. The lowest BCUT2D eigenvalue weighted by atomic mass is 9.99. The van der Waals surface area contributed by atoms with Gasteiger partial charge in [0, 0.05) is 15.4 Å². The molecule has 118 valence electrons. The van der Waals surface area contributed by atoms with E-state index >= 15 is 0 Å². The molecule has 0 heterocycles. The molecule has 0 saturated carbocycles. The van der Waals surface area contributed by atoms with Crippen LogP contribution in [0.1, 0.15) is 65.7 Å². The molecule has 1 nitrogen and oxygen atoms in total. The van der Waals surface area contributed by atoms with Crippen LogP contribution in [0.3, 0.4) is 0 Å². The molecule has 0 amide bonds. The molecule has 0 radical (unpaired) electrons. The summed E-state index contributed by atoms with van der Waals surface area (Å²) < 4.78 is 6.21. The first kappa shape index (κ1) is 18.0. The Morgan fingerprint density at radius 1 is 1.30 bits per heavy atom. The molecule has 0 aromatic rings. The van der Waals surface area contributed by atoms with E-state index in [-0.39, 0.29) is 0 Å². The maximum atomic E-state index is 6.21. The first-order chi connectivity index (χ1) is 9.45. The Bertz CT molecular complexity index is 283. The largest absolute Gasteiger partial charge is 0.378 e. The van der Waals surface area contributed by atoms with Crippen molar-refractivity contribution in [3.8, 4) is 0 Å². The van der Waals surface area contributed by atoms with Gasteiger partial charge >= 0.3 is 0 Å². The van der Waals surface area contributed by atoms with Gasteiger partial charge in [-0.05, 0) is 43.1 Å². The van der Waals surface area contributed by atoms with Crippen LogP contribution in [-0.4, -0.2) is 21.5 Å². The molecule has 20 heavy (non-hydrogen) atoms. The number of ether oxygens (including phenoxy) is 1. The van der Waals surface area contributed by atoms with E-state index in [4.69, 9.17) is 4.74 Å². The maximum Gasteiger partial charge on any atom is 0.0572 e. The Morgan fingerprint density at radius 3 is 2.60 bits per heavy atom. The predicted octanol–water partition coefficient (Wildman–Crippen LogP) is 5.58. The number of rotatable bonds is 10. The van der Waals surface area contributed by atoms with Gasteiger partial charge < -0.3 is 4.74 Å². The molecule has 2 atom stereocenters. The molecule has 2 heteroatoms. The first-order valence-corrected chi connectivity index (χ1v) is 11.6. The van der Waals surface area contributed by atoms with Gasteiger partial charge in [-0.3, -0.25) is 0 Å². The van der Waals surface area contributed by atoms with Gasteiger partial charge in [-0.1, -0.05) is 58.9 Å². The van der Waals surface area contributed by atoms with Crippen molar-refractivity contribution >= 4 is 8.80 Å². The Morgan fingerprint density at radius 2 is 2.05 bits per heavy atom. The molecule has 0 aromatic carbocycles. The molecular weight excluding hydrogens is 260 g/mol. The highest BCUT2D eigenvalue weighted by molar-refractivity contribution is 6.59. The van der Waals surface area contributed by atoms with Crippen LogP contribution in [-0.2, 0) is 4.74 Å². The highest BCUT2D eigenvalue weighted by Gasteiger charge is 2.24. The van der Waals surface area contributed by atoms with Crippen molar-refractivity contribution in [2.75, 3.05) is 6.61 Å². The summed E-state index contributed by atoms with van der Waals surface area (Å²) in [6.45, 7) is 12.8. The van der Waals surface area contributed by atoms with Crippen molar-refractivity contribution in [1.82, 2.24) is 0 Å². The third-order valence-electron chi connectivity index (χ3n) is 5.17. The molecule has 0 N–H and O–H groups in total. The van der Waals surface area contributed by atoms with Crippen molar-refractivity contribution in [3.63, 3.8) is 0 Å². The second-order valence-corrected chi connectivity index (χ2v) is 11.4. The normalized spacial score (nSPS) is 20.8. The number of allylic oxidation sites excluding steroid dienone is 2. The predicted molar refractivity (Wildman–Crippen MR) is 93.3 cm³/mol. The molecule has 1 rings (SSSR count). The summed E-state index contributed by atoms with van der Waals surface area (Å²) >= 11 is 0. The van der Waals surface area contributed by atoms with Crippen LogP contribution in [0.4, 0.5) is 0 Å². The molecule has 0 aliphatic heterocycles. The molecule has 2 unspecified atom stereocenters.